The molecule has 5 N–H and O–H groups in total. The molecule has 1 saturated carbocycles. The molecule has 100 valence electrons. The summed E-state index contributed by atoms with van der Waals surface area (Å²) in [7, 11) is 0. The minimum atomic E-state index is -0.431. The molecule has 0 aromatic carbocycles. The van der Waals surface area contributed by atoms with Crippen molar-refractivity contribution in [3.05, 3.63) is 4.88 Å². The maximum atomic E-state index is 12.0. The maximum Gasteiger partial charge on any atom is 0.265 e. The van der Waals surface area contributed by atoms with Crippen LogP contribution in [-0.2, 0) is 0 Å². The fourth-order valence-electron chi connectivity index (χ4n) is 1.57. The highest BCUT2D eigenvalue weighted by Crippen LogP contribution is 2.35. The SMILES string of the molecule is CC(C)Nc1nc(N)c(C(=O)NC2(CO)CC2)s1. The van der Waals surface area contributed by atoms with Crippen LogP contribution in [0.2, 0.25) is 0 Å². The summed E-state index contributed by atoms with van der Waals surface area (Å²) in [5.41, 5.74) is 5.30. The molecule has 1 heterocycles. The summed E-state index contributed by atoms with van der Waals surface area (Å²) in [6, 6.07) is 0.235. The van der Waals surface area contributed by atoms with Crippen molar-refractivity contribution < 1.29 is 9.90 Å². The number of nitrogens with two attached hydrogens (primary N) is 1. The van der Waals surface area contributed by atoms with Crippen molar-refractivity contribution in [2.45, 2.75) is 38.3 Å². The van der Waals surface area contributed by atoms with Crippen molar-refractivity contribution in [2.75, 3.05) is 17.7 Å². The monoisotopic (exact) mass is 270 g/mol. The van der Waals surface area contributed by atoms with Gasteiger partial charge in [-0.2, -0.15) is 0 Å². The van der Waals surface area contributed by atoms with Crippen LogP contribution in [0.1, 0.15) is 36.4 Å². The van der Waals surface area contributed by atoms with Crippen LogP contribution in [0.25, 0.3) is 0 Å². The lowest BCUT2D eigenvalue weighted by atomic mass is 10.3. The molecule has 1 aromatic rings. The van der Waals surface area contributed by atoms with Crippen molar-refractivity contribution in [3.63, 3.8) is 0 Å². The molecule has 0 spiro atoms. The molecule has 2 rings (SSSR count). The van der Waals surface area contributed by atoms with Crippen molar-refractivity contribution >= 4 is 28.2 Å². The first-order chi connectivity index (χ1) is 8.46. The summed E-state index contributed by atoms with van der Waals surface area (Å²) >= 11 is 1.23. The zero-order valence-corrected chi connectivity index (χ0v) is 11.3. The smallest absolute Gasteiger partial charge is 0.265 e. The minimum absolute atomic E-state index is 0.0332. The van der Waals surface area contributed by atoms with Gasteiger partial charge < -0.3 is 21.5 Å². The predicted molar refractivity (Wildman–Crippen MR) is 71.8 cm³/mol. The molecule has 0 bridgehead atoms. The highest BCUT2D eigenvalue weighted by molar-refractivity contribution is 7.18. The highest BCUT2D eigenvalue weighted by atomic mass is 32.1. The van der Waals surface area contributed by atoms with E-state index in [2.05, 4.69) is 15.6 Å². The van der Waals surface area contributed by atoms with Gasteiger partial charge in [0.2, 0.25) is 0 Å². The summed E-state index contributed by atoms with van der Waals surface area (Å²) in [6.45, 7) is 3.94. The Labute approximate surface area is 110 Å². The topological polar surface area (TPSA) is 100 Å². The maximum absolute atomic E-state index is 12.0. The summed E-state index contributed by atoms with van der Waals surface area (Å²) in [4.78, 5) is 16.5. The van der Waals surface area contributed by atoms with E-state index < -0.39 is 5.54 Å². The number of thiazole rings is 1. The van der Waals surface area contributed by atoms with E-state index in [4.69, 9.17) is 5.73 Å². The van der Waals surface area contributed by atoms with Gasteiger partial charge in [0.15, 0.2) is 5.13 Å². The van der Waals surface area contributed by atoms with Crippen LogP contribution in [0.5, 0.6) is 0 Å². The number of aliphatic hydroxyl groups excluding tert-OH is 1. The van der Waals surface area contributed by atoms with E-state index in [1.165, 1.54) is 11.3 Å². The number of carbonyl (C=O) groups is 1. The number of hydrogen-bond acceptors (Lipinski definition) is 6. The van der Waals surface area contributed by atoms with Gasteiger partial charge in [-0.25, -0.2) is 4.98 Å². The van der Waals surface area contributed by atoms with Crippen molar-refractivity contribution in [2.24, 2.45) is 0 Å². The number of rotatable bonds is 5. The predicted octanol–water partition coefficient (Wildman–Crippen LogP) is 0.800. The molecular formula is C11H18N4O2S. The van der Waals surface area contributed by atoms with Gasteiger partial charge in [-0.15, -0.1) is 0 Å². The number of nitrogens with zero attached hydrogens (tertiary/aromatic N) is 1. The van der Waals surface area contributed by atoms with E-state index in [-0.39, 0.29) is 24.4 Å². The fraction of sp³-hybridized carbons (Fsp3) is 0.636. The third-order valence-electron chi connectivity index (χ3n) is 2.81. The molecular weight excluding hydrogens is 252 g/mol. The molecule has 7 heteroatoms. The Morgan fingerprint density at radius 3 is 2.78 bits per heavy atom. The molecule has 0 unspecified atom stereocenters. The molecule has 1 amide bonds. The highest BCUT2D eigenvalue weighted by Gasteiger charge is 2.44. The Bertz CT molecular complexity index is 454. The third kappa shape index (κ3) is 2.73. The Kier molecular flexibility index (Phi) is 3.45. The number of nitrogen functional groups attached to an aromatic ring is 1. The van der Waals surface area contributed by atoms with Crippen LogP contribution in [0.3, 0.4) is 0 Å². The van der Waals surface area contributed by atoms with Gasteiger partial charge in [0.25, 0.3) is 5.91 Å². The Hall–Kier alpha value is -1.34. The summed E-state index contributed by atoms with van der Waals surface area (Å²) in [6.07, 6.45) is 1.62. The second kappa shape index (κ2) is 4.74. The molecule has 1 aliphatic carbocycles. The van der Waals surface area contributed by atoms with Gasteiger partial charge in [0.05, 0.1) is 12.1 Å². The van der Waals surface area contributed by atoms with E-state index >= 15 is 0 Å². The van der Waals surface area contributed by atoms with E-state index in [9.17, 15) is 9.90 Å². The number of carbonyl (C=O) groups excluding carboxylic acids is 1. The van der Waals surface area contributed by atoms with Crippen LogP contribution in [0.15, 0.2) is 0 Å². The van der Waals surface area contributed by atoms with Gasteiger partial charge >= 0.3 is 0 Å². The van der Waals surface area contributed by atoms with Gasteiger partial charge in [-0.1, -0.05) is 11.3 Å². The van der Waals surface area contributed by atoms with Crippen molar-refractivity contribution in [1.82, 2.24) is 10.3 Å². The molecule has 0 saturated heterocycles. The van der Waals surface area contributed by atoms with Gasteiger partial charge in [-0.3, -0.25) is 4.79 Å². The molecule has 0 radical (unpaired) electrons. The molecule has 18 heavy (non-hydrogen) atoms. The number of amides is 1. The van der Waals surface area contributed by atoms with Gasteiger partial charge in [-0.05, 0) is 26.7 Å². The zero-order valence-electron chi connectivity index (χ0n) is 10.5. The molecule has 1 aliphatic rings. The van der Waals surface area contributed by atoms with Gasteiger partial charge in [0.1, 0.15) is 10.7 Å². The van der Waals surface area contributed by atoms with E-state index in [0.29, 0.717) is 10.0 Å². The van der Waals surface area contributed by atoms with Crippen LogP contribution in [-0.4, -0.2) is 34.2 Å². The van der Waals surface area contributed by atoms with Crippen LogP contribution in [0, 0.1) is 0 Å². The molecule has 1 fully saturated rings. The summed E-state index contributed by atoms with van der Waals surface area (Å²) in [5.74, 6) is -0.0252. The molecule has 6 nitrogen and oxygen atoms in total. The third-order valence-corrected chi connectivity index (χ3v) is 3.81. The Morgan fingerprint density at radius 1 is 1.61 bits per heavy atom. The largest absolute Gasteiger partial charge is 0.394 e. The lowest BCUT2D eigenvalue weighted by Crippen LogP contribution is -2.39. The number of aromatic nitrogens is 1. The summed E-state index contributed by atoms with van der Waals surface area (Å²) < 4.78 is 0. The second-order valence-electron chi connectivity index (χ2n) is 4.92. The Morgan fingerprint density at radius 2 is 2.28 bits per heavy atom. The van der Waals surface area contributed by atoms with E-state index in [1.54, 1.807) is 0 Å². The van der Waals surface area contributed by atoms with Crippen LogP contribution >= 0.6 is 11.3 Å². The number of hydrogen-bond donors (Lipinski definition) is 4. The second-order valence-corrected chi connectivity index (χ2v) is 5.92. The quantitative estimate of drug-likeness (QED) is 0.634. The average molecular weight is 270 g/mol. The van der Waals surface area contributed by atoms with Crippen LogP contribution < -0.4 is 16.4 Å². The molecule has 1 aromatic heterocycles. The van der Waals surface area contributed by atoms with E-state index in [1.807, 2.05) is 13.8 Å². The average Bonchev–Trinajstić information content (AvgIpc) is 2.96. The first-order valence-corrected chi connectivity index (χ1v) is 6.74. The Balaban J connectivity index is 2.08. The fourth-order valence-corrected chi connectivity index (χ4v) is 2.50. The minimum Gasteiger partial charge on any atom is -0.394 e. The number of nitrogens with one attached hydrogen (secondary N) is 2. The number of aliphatic hydroxyl groups is 1. The molecule has 0 atom stereocenters. The molecule has 0 aliphatic heterocycles. The first-order valence-electron chi connectivity index (χ1n) is 5.92. The normalized spacial score (nSPS) is 16.7. The summed E-state index contributed by atoms with van der Waals surface area (Å²) in [5, 5.41) is 15.7. The lowest BCUT2D eigenvalue weighted by Gasteiger charge is -2.13. The van der Waals surface area contributed by atoms with Crippen LogP contribution in [0.4, 0.5) is 10.9 Å². The first kappa shape index (κ1) is 13.1. The zero-order chi connectivity index (χ0) is 13.3. The van der Waals surface area contributed by atoms with E-state index in [0.717, 1.165) is 12.8 Å². The van der Waals surface area contributed by atoms with Crippen molar-refractivity contribution in [3.8, 4) is 0 Å². The number of anilines is 2. The lowest BCUT2D eigenvalue weighted by molar-refractivity contribution is 0.0911. The van der Waals surface area contributed by atoms with Crippen molar-refractivity contribution in [1.29, 1.82) is 0 Å². The standard InChI is InChI=1S/C11H18N4O2S/c1-6(2)13-10-14-8(12)7(18-10)9(17)15-11(5-16)3-4-11/h6,16H,3-5,12H2,1-2H3,(H,13,14)(H,15,17). The van der Waals surface area contributed by atoms with Gasteiger partial charge in [0, 0.05) is 6.04 Å².